The second kappa shape index (κ2) is 5.45. The van der Waals surface area contributed by atoms with E-state index in [1.165, 1.54) is 12.1 Å². The van der Waals surface area contributed by atoms with Gasteiger partial charge in [0.2, 0.25) is 5.91 Å². The van der Waals surface area contributed by atoms with Gasteiger partial charge < -0.3 is 5.32 Å². The van der Waals surface area contributed by atoms with Crippen molar-refractivity contribution in [2.45, 2.75) is 33.7 Å². The van der Waals surface area contributed by atoms with Crippen LogP contribution >= 0.6 is 0 Å². The monoisotopic (exact) mass is 275 g/mol. The lowest BCUT2D eigenvalue weighted by molar-refractivity contribution is -0.119. The molecule has 0 aliphatic carbocycles. The van der Waals surface area contributed by atoms with Gasteiger partial charge in [-0.3, -0.25) is 9.48 Å². The Labute approximate surface area is 117 Å². The molecule has 20 heavy (non-hydrogen) atoms. The van der Waals surface area contributed by atoms with Gasteiger partial charge in [0.05, 0.1) is 5.69 Å². The maximum absolute atomic E-state index is 13.0. The molecule has 1 unspecified atom stereocenters. The van der Waals surface area contributed by atoms with Gasteiger partial charge in [0.25, 0.3) is 0 Å². The normalized spacial score (nSPS) is 12.2. The number of benzene rings is 1. The third kappa shape index (κ3) is 2.87. The first kappa shape index (κ1) is 14.2. The van der Waals surface area contributed by atoms with Gasteiger partial charge in [-0.2, -0.15) is 5.10 Å². The smallest absolute Gasteiger partial charge is 0.248 e. The van der Waals surface area contributed by atoms with Crippen LogP contribution in [0.15, 0.2) is 24.3 Å². The van der Waals surface area contributed by atoms with Crippen LogP contribution in [0.2, 0.25) is 0 Å². The zero-order valence-electron chi connectivity index (χ0n) is 12.1. The van der Waals surface area contributed by atoms with Crippen molar-refractivity contribution in [3.05, 3.63) is 47.0 Å². The van der Waals surface area contributed by atoms with Crippen molar-refractivity contribution in [2.75, 3.05) is 5.32 Å². The highest BCUT2D eigenvalue weighted by atomic mass is 19.1. The van der Waals surface area contributed by atoms with E-state index in [9.17, 15) is 9.18 Å². The number of aromatic nitrogens is 2. The summed E-state index contributed by atoms with van der Waals surface area (Å²) in [4.78, 5) is 12.2. The summed E-state index contributed by atoms with van der Waals surface area (Å²) in [5.74, 6) is -0.488. The number of carbonyl (C=O) groups excluding carboxylic acids is 1. The zero-order valence-corrected chi connectivity index (χ0v) is 12.1. The van der Waals surface area contributed by atoms with Crippen molar-refractivity contribution in [2.24, 2.45) is 0 Å². The van der Waals surface area contributed by atoms with Crippen molar-refractivity contribution in [1.82, 2.24) is 9.78 Å². The molecule has 0 saturated carbocycles. The van der Waals surface area contributed by atoms with E-state index in [1.54, 1.807) is 24.6 Å². The number of rotatable bonds is 3. The molecule has 1 amide bonds. The summed E-state index contributed by atoms with van der Waals surface area (Å²) in [7, 11) is 0. The Bertz CT molecular complexity index is 649. The number of hydrogen-bond acceptors (Lipinski definition) is 2. The minimum absolute atomic E-state index is 0.175. The largest absolute Gasteiger partial charge is 0.324 e. The standard InChI is InChI=1S/C15H18FN3O/c1-9-7-13(16)5-6-14(9)17-15(20)12(4)19-11(3)8-10(2)18-19/h5-8,12H,1-4H3,(H,17,20). The minimum atomic E-state index is -0.423. The first-order chi connectivity index (χ1) is 9.38. The number of hydrogen-bond donors (Lipinski definition) is 1. The molecule has 1 N–H and O–H groups in total. The molecule has 2 aromatic rings. The number of nitrogens with zero attached hydrogens (tertiary/aromatic N) is 2. The Morgan fingerprint density at radius 3 is 2.55 bits per heavy atom. The van der Waals surface area contributed by atoms with Crippen LogP contribution in [0, 0.1) is 26.6 Å². The van der Waals surface area contributed by atoms with E-state index in [1.807, 2.05) is 19.9 Å². The molecule has 0 bridgehead atoms. The number of anilines is 1. The summed E-state index contributed by atoms with van der Waals surface area (Å²) in [5, 5.41) is 7.11. The van der Waals surface area contributed by atoms with E-state index >= 15 is 0 Å². The fourth-order valence-corrected chi connectivity index (χ4v) is 2.15. The molecule has 1 atom stereocenters. The maximum atomic E-state index is 13.0. The predicted octanol–water partition coefficient (Wildman–Crippen LogP) is 3.15. The topological polar surface area (TPSA) is 46.9 Å². The molecule has 1 aromatic carbocycles. The number of aryl methyl sites for hydroxylation is 3. The fraction of sp³-hybridized carbons (Fsp3) is 0.333. The van der Waals surface area contributed by atoms with E-state index < -0.39 is 6.04 Å². The van der Waals surface area contributed by atoms with Crippen LogP contribution in [0.1, 0.15) is 29.9 Å². The van der Waals surface area contributed by atoms with E-state index in [4.69, 9.17) is 0 Å². The van der Waals surface area contributed by atoms with Gasteiger partial charge in [0.1, 0.15) is 11.9 Å². The summed E-state index contributed by atoms with van der Waals surface area (Å²) < 4.78 is 14.7. The van der Waals surface area contributed by atoms with Crippen molar-refractivity contribution >= 4 is 11.6 Å². The summed E-state index contributed by atoms with van der Waals surface area (Å²) >= 11 is 0. The number of carbonyl (C=O) groups is 1. The molecule has 1 heterocycles. The highest BCUT2D eigenvalue weighted by Crippen LogP contribution is 2.18. The van der Waals surface area contributed by atoms with Crippen LogP contribution in [0.4, 0.5) is 10.1 Å². The molecule has 0 fully saturated rings. The van der Waals surface area contributed by atoms with E-state index in [2.05, 4.69) is 10.4 Å². The van der Waals surface area contributed by atoms with Gasteiger partial charge in [-0.05, 0) is 57.5 Å². The molecular weight excluding hydrogens is 257 g/mol. The van der Waals surface area contributed by atoms with E-state index in [-0.39, 0.29) is 11.7 Å². The van der Waals surface area contributed by atoms with Gasteiger partial charge in [0, 0.05) is 11.4 Å². The molecule has 4 nitrogen and oxygen atoms in total. The van der Waals surface area contributed by atoms with Gasteiger partial charge in [-0.15, -0.1) is 0 Å². The molecule has 0 radical (unpaired) electrons. The second-order valence-electron chi connectivity index (χ2n) is 5.00. The predicted molar refractivity (Wildman–Crippen MR) is 76.2 cm³/mol. The van der Waals surface area contributed by atoms with Crippen LogP contribution in [0.25, 0.3) is 0 Å². The minimum Gasteiger partial charge on any atom is -0.324 e. The van der Waals surface area contributed by atoms with Crippen LogP contribution in [-0.4, -0.2) is 15.7 Å². The Kier molecular flexibility index (Phi) is 3.88. The Balaban J connectivity index is 2.17. The quantitative estimate of drug-likeness (QED) is 0.935. The molecule has 0 saturated heterocycles. The van der Waals surface area contributed by atoms with Crippen LogP contribution in [0.3, 0.4) is 0 Å². The lowest BCUT2D eigenvalue weighted by Gasteiger charge is -2.15. The SMILES string of the molecule is Cc1cc(C)n(C(C)C(=O)Nc2ccc(F)cc2C)n1. The van der Waals surface area contributed by atoms with E-state index in [0.29, 0.717) is 11.3 Å². The highest BCUT2D eigenvalue weighted by Gasteiger charge is 2.18. The maximum Gasteiger partial charge on any atom is 0.248 e. The second-order valence-corrected chi connectivity index (χ2v) is 5.00. The van der Waals surface area contributed by atoms with Crippen molar-refractivity contribution < 1.29 is 9.18 Å². The van der Waals surface area contributed by atoms with Crippen molar-refractivity contribution in [3.63, 3.8) is 0 Å². The Morgan fingerprint density at radius 1 is 1.30 bits per heavy atom. The lowest BCUT2D eigenvalue weighted by Crippen LogP contribution is -2.25. The summed E-state index contributed by atoms with van der Waals surface area (Å²) in [6.07, 6.45) is 0. The van der Waals surface area contributed by atoms with Crippen LogP contribution in [0.5, 0.6) is 0 Å². The molecule has 106 valence electrons. The molecule has 5 heteroatoms. The number of halogens is 1. The molecule has 2 rings (SSSR count). The fourth-order valence-electron chi connectivity index (χ4n) is 2.15. The third-order valence-electron chi connectivity index (χ3n) is 3.24. The average Bonchev–Trinajstić information content (AvgIpc) is 2.71. The highest BCUT2D eigenvalue weighted by molar-refractivity contribution is 5.94. The van der Waals surface area contributed by atoms with Crippen LogP contribution < -0.4 is 5.32 Å². The number of nitrogens with one attached hydrogen (secondary N) is 1. The van der Waals surface area contributed by atoms with Crippen molar-refractivity contribution in [1.29, 1.82) is 0 Å². The molecule has 1 aromatic heterocycles. The zero-order chi connectivity index (χ0) is 14.9. The van der Waals surface area contributed by atoms with Gasteiger partial charge in [0.15, 0.2) is 0 Å². The van der Waals surface area contributed by atoms with Gasteiger partial charge in [-0.25, -0.2) is 4.39 Å². The molecule has 0 spiro atoms. The van der Waals surface area contributed by atoms with Crippen molar-refractivity contribution in [3.8, 4) is 0 Å². The third-order valence-corrected chi connectivity index (χ3v) is 3.24. The van der Waals surface area contributed by atoms with Gasteiger partial charge in [-0.1, -0.05) is 0 Å². The first-order valence-corrected chi connectivity index (χ1v) is 6.48. The molecular formula is C15H18FN3O. The lowest BCUT2D eigenvalue weighted by atomic mass is 10.2. The van der Waals surface area contributed by atoms with Gasteiger partial charge >= 0.3 is 0 Å². The Hall–Kier alpha value is -2.17. The Morgan fingerprint density at radius 2 is 2.00 bits per heavy atom. The average molecular weight is 275 g/mol. The molecule has 0 aliphatic heterocycles. The first-order valence-electron chi connectivity index (χ1n) is 6.48. The summed E-state index contributed by atoms with van der Waals surface area (Å²) in [6, 6.07) is 5.79. The van der Waals surface area contributed by atoms with E-state index in [0.717, 1.165) is 11.4 Å². The summed E-state index contributed by atoms with van der Waals surface area (Å²) in [5.41, 5.74) is 3.12. The van der Waals surface area contributed by atoms with Crippen LogP contribution in [-0.2, 0) is 4.79 Å². The molecule has 0 aliphatic rings. The number of amides is 1. The summed E-state index contributed by atoms with van der Waals surface area (Å²) in [6.45, 7) is 7.34.